The third-order valence-electron chi connectivity index (χ3n) is 1.26. The fourth-order valence-corrected chi connectivity index (χ4v) is 2.81. The Labute approximate surface area is 80.9 Å². The summed E-state index contributed by atoms with van der Waals surface area (Å²) >= 11 is -7.45. The molecule has 0 heterocycles. The molecular weight excluding hydrogens is 375 g/mol. The van der Waals surface area contributed by atoms with Gasteiger partial charge in [0.25, 0.3) is 0 Å². The van der Waals surface area contributed by atoms with E-state index < -0.39 is 21.9 Å². The van der Waals surface area contributed by atoms with E-state index in [0.29, 0.717) is 16.6 Å². The van der Waals surface area contributed by atoms with Crippen LogP contribution in [0, 0.1) is 0 Å². The number of rotatable bonds is 1. The SMILES string of the molecule is F[Te](F)(F)(F)(F)c1ccc(Br)cc1. The van der Waals surface area contributed by atoms with Crippen molar-refractivity contribution in [2.75, 3.05) is 0 Å². The van der Waals surface area contributed by atoms with Gasteiger partial charge in [0.2, 0.25) is 0 Å². The molecule has 1 rings (SSSR count). The van der Waals surface area contributed by atoms with E-state index in [4.69, 9.17) is 0 Å². The predicted molar refractivity (Wildman–Crippen MR) is 45.1 cm³/mol. The molecule has 0 aromatic heterocycles. The van der Waals surface area contributed by atoms with Gasteiger partial charge in [0.1, 0.15) is 0 Å². The number of hydrogen-bond acceptors (Lipinski definition) is 0. The van der Waals surface area contributed by atoms with Gasteiger partial charge in [0.15, 0.2) is 0 Å². The second-order valence-electron chi connectivity index (χ2n) is 2.42. The summed E-state index contributed by atoms with van der Waals surface area (Å²) in [5.41, 5.74) is 0. The van der Waals surface area contributed by atoms with Crippen molar-refractivity contribution in [1.29, 1.82) is 0 Å². The van der Waals surface area contributed by atoms with Gasteiger partial charge in [-0.25, -0.2) is 0 Å². The number of halogens is 6. The van der Waals surface area contributed by atoms with Crippen molar-refractivity contribution in [2.24, 2.45) is 0 Å². The monoisotopic (exact) mass is 380 g/mol. The summed E-state index contributed by atoms with van der Waals surface area (Å²) in [7, 11) is 0. The predicted octanol–water partition coefficient (Wildman–Crippen LogP) is 3.34. The second kappa shape index (κ2) is 2.38. The Morgan fingerprint density at radius 2 is 1.23 bits per heavy atom. The minimum absolute atomic E-state index is 0.329. The zero-order valence-corrected chi connectivity index (χ0v) is 9.90. The van der Waals surface area contributed by atoms with Gasteiger partial charge in [-0.2, -0.15) is 0 Å². The number of benzene rings is 1. The van der Waals surface area contributed by atoms with E-state index in [9.17, 15) is 14.5 Å². The minimum atomic E-state index is -10.3. The molecule has 76 valence electrons. The fraction of sp³-hybridized carbons (Fsp3) is 0. The van der Waals surface area contributed by atoms with Crippen molar-refractivity contribution in [3.63, 3.8) is 0 Å². The molecule has 0 fully saturated rings. The van der Waals surface area contributed by atoms with E-state index in [1.165, 1.54) is 0 Å². The van der Waals surface area contributed by atoms with Gasteiger partial charge in [-0.1, -0.05) is 0 Å². The normalized spacial score (nSPS) is 17.7. The van der Waals surface area contributed by atoms with Crippen LogP contribution < -0.4 is 3.61 Å². The molecule has 0 unspecified atom stereocenters. The van der Waals surface area contributed by atoms with Gasteiger partial charge in [0, 0.05) is 0 Å². The van der Waals surface area contributed by atoms with Crippen LogP contribution in [-0.4, -0.2) is 18.3 Å². The van der Waals surface area contributed by atoms with E-state index in [0.717, 1.165) is 12.1 Å². The first-order valence-corrected chi connectivity index (χ1v) is 9.35. The van der Waals surface area contributed by atoms with Crippen LogP contribution in [0.1, 0.15) is 0 Å². The molecule has 0 amide bonds. The van der Waals surface area contributed by atoms with Gasteiger partial charge in [-0.3, -0.25) is 0 Å². The summed E-state index contributed by atoms with van der Waals surface area (Å²) in [6, 6.07) is 2.65. The molecule has 0 aliphatic heterocycles. The van der Waals surface area contributed by atoms with E-state index >= 15 is 0 Å². The summed E-state index contributed by atoms with van der Waals surface area (Å²) in [6.45, 7) is 0. The van der Waals surface area contributed by atoms with Crippen LogP contribution in [0.5, 0.6) is 0 Å². The van der Waals surface area contributed by atoms with Crippen LogP contribution in [0.3, 0.4) is 0 Å². The quantitative estimate of drug-likeness (QED) is 0.519. The maximum absolute atomic E-state index is 12.1. The average Bonchev–Trinajstić information content (AvgIpc) is 1.82. The first kappa shape index (κ1) is 11.2. The van der Waals surface area contributed by atoms with Crippen LogP contribution in [0.4, 0.5) is 14.5 Å². The van der Waals surface area contributed by atoms with E-state index in [1.54, 1.807) is 0 Å². The zero-order valence-electron chi connectivity index (χ0n) is 5.99. The zero-order chi connectivity index (χ0) is 10.4. The Bertz CT molecular complexity index is 325. The summed E-state index contributed by atoms with van der Waals surface area (Å²) < 4.78 is 59.2. The summed E-state index contributed by atoms with van der Waals surface area (Å²) in [4.78, 5) is 0. The Hall–Kier alpha value is 0.140. The van der Waals surface area contributed by atoms with E-state index in [2.05, 4.69) is 15.9 Å². The standard InChI is InChI=1S/C6H4BrF5Te/c7-5-1-3-6(4-2-5)13(8,9,10,11)12/h1-4H. The first-order chi connectivity index (χ1) is 5.49. The van der Waals surface area contributed by atoms with Gasteiger partial charge in [-0.15, -0.1) is 0 Å². The Morgan fingerprint density at radius 1 is 0.846 bits per heavy atom. The molecule has 0 aliphatic carbocycles. The van der Waals surface area contributed by atoms with Crippen LogP contribution in [0.25, 0.3) is 0 Å². The van der Waals surface area contributed by atoms with Gasteiger partial charge >= 0.3 is 81.0 Å². The van der Waals surface area contributed by atoms with Gasteiger partial charge in [-0.05, 0) is 0 Å². The van der Waals surface area contributed by atoms with Crippen LogP contribution in [-0.2, 0) is 0 Å². The molecule has 0 nitrogen and oxygen atoms in total. The van der Waals surface area contributed by atoms with Crippen LogP contribution in [0.15, 0.2) is 28.7 Å². The molecule has 0 saturated carbocycles. The molecule has 1 aromatic rings. The molecule has 0 aliphatic rings. The van der Waals surface area contributed by atoms with Crippen LogP contribution in [0.2, 0.25) is 0 Å². The summed E-state index contributed by atoms with van der Waals surface area (Å²) in [5, 5.41) is 0. The molecule has 1 aromatic carbocycles. The number of hydrogen-bond donors (Lipinski definition) is 0. The van der Waals surface area contributed by atoms with Crippen LogP contribution >= 0.6 is 15.9 Å². The Morgan fingerprint density at radius 3 is 1.54 bits per heavy atom. The molecule has 0 saturated heterocycles. The van der Waals surface area contributed by atoms with Crippen molar-refractivity contribution in [2.45, 2.75) is 0 Å². The molecule has 7 heteroatoms. The van der Waals surface area contributed by atoms with Crippen molar-refractivity contribution >= 4 is 37.8 Å². The summed E-state index contributed by atoms with van der Waals surface area (Å²) in [5.74, 6) is 0. The molecular formula is C6H4BrF5Te. The first-order valence-electron chi connectivity index (χ1n) is 2.99. The second-order valence-corrected chi connectivity index (χ2v) is 10.2. The third-order valence-corrected chi connectivity index (χ3v) is 5.11. The van der Waals surface area contributed by atoms with E-state index in [-0.39, 0.29) is 0 Å². The van der Waals surface area contributed by atoms with E-state index in [1.807, 2.05) is 0 Å². The Kier molecular flexibility index (Phi) is 2.06. The van der Waals surface area contributed by atoms with Crippen molar-refractivity contribution in [3.8, 4) is 0 Å². The van der Waals surface area contributed by atoms with Crippen molar-refractivity contribution in [1.82, 2.24) is 0 Å². The third kappa shape index (κ3) is 3.08. The van der Waals surface area contributed by atoms with Crippen molar-refractivity contribution in [3.05, 3.63) is 28.7 Å². The molecule has 13 heavy (non-hydrogen) atoms. The van der Waals surface area contributed by atoms with Crippen molar-refractivity contribution < 1.29 is 14.5 Å². The molecule has 0 radical (unpaired) electrons. The van der Waals surface area contributed by atoms with Gasteiger partial charge in [0.05, 0.1) is 0 Å². The molecule has 0 N–H and O–H groups in total. The molecule has 0 atom stereocenters. The van der Waals surface area contributed by atoms with Gasteiger partial charge < -0.3 is 0 Å². The topological polar surface area (TPSA) is 0 Å². The summed E-state index contributed by atoms with van der Waals surface area (Å²) in [6.07, 6.45) is 0. The average molecular weight is 379 g/mol. The molecule has 0 bridgehead atoms. The maximum atomic E-state index is 12.1. The fourth-order valence-electron chi connectivity index (χ4n) is 0.692. The Balaban J connectivity index is 3.34. The molecule has 0 spiro atoms.